The Kier molecular flexibility index (Phi) is 4.43. The minimum absolute atomic E-state index is 0.168. The van der Waals surface area contributed by atoms with E-state index in [9.17, 15) is 8.78 Å². The maximum atomic E-state index is 13.4. The van der Waals surface area contributed by atoms with Gasteiger partial charge < -0.3 is 5.32 Å². The third kappa shape index (κ3) is 2.86. The van der Waals surface area contributed by atoms with Gasteiger partial charge in [-0.1, -0.05) is 18.2 Å². The third-order valence-corrected chi connectivity index (χ3v) is 2.36. The Morgan fingerprint density at radius 2 is 2.20 bits per heavy atom. The normalized spacial score (nSPS) is 12.5. The molecule has 15 heavy (non-hydrogen) atoms. The topological polar surface area (TPSA) is 12.0 Å². The first-order chi connectivity index (χ1) is 7.20. The first-order valence-corrected chi connectivity index (χ1v) is 4.92. The van der Waals surface area contributed by atoms with Crippen LogP contribution in [0.3, 0.4) is 0 Å². The summed E-state index contributed by atoms with van der Waals surface area (Å²) < 4.78 is 26.4. The maximum Gasteiger partial charge on any atom is 0.163 e. The van der Waals surface area contributed by atoms with Gasteiger partial charge in [-0.3, -0.25) is 0 Å². The van der Waals surface area contributed by atoms with Crippen molar-refractivity contribution in [3.8, 4) is 0 Å². The molecule has 3 heteroatoms. The lowest BCUT2D eigenvalue weighted by atomic mass is 10.0. The van der Waals surface area contributed by atoms with Gasteiger partial charge in [0.05, 0.1) is 0 Å². The molecular weight excluding hydrogens is 196 g/mol. The largest absolute Gasteiger partial charge is 0.313 e. The number of allylic oxidation sites excluding steroid dienone is 1. The van der Waals surface area contributed by atoms with E-state index in [-0.39, 0.29) is 6.04 Å². The van der Waals surface area contributed by atoms with Gasteiger partial charge >= 0.3 is 0 Å². The second-order valence-electron chi connectivity index (χ2n) is 3.35. The minimum atomic E-state index is -0.800. The zero-order chi connectivity index (χ0) is 11.3. The molecule has 1 aromatic carbocycles. The van der Waals surface area contributed by atoms with Crippen LogP contribution >= 0.6 is 0 Å². The first kappa shape index (κ1) is 11.9. The Labute approximate surface area is 88.8 Å². The fourth-order valence-corrected chi connectivity index (χ4v) is 1.53. The van der Waals surface area contributed by atoms with Gasteiger partial charge in [0.1, 0.15) is 0 Å². The highest BCUT2D eigenvalue weighted by Crippen LogP contribution is 2.22. The standard InChI is InChI=1S/C12H15F2N/c1-3-4-8-11(15-2)9-6-5-7-10(13)12(9)14/h3,5-7,11,15H,1,4,8H2,2H3. The third-order valence-electron chi connectivity index (χ3n) is 2.36. The summed E-state index contributed by atoms with van der Waals surface area (Å²) in [5.41, 5.74) is 0.374. The average Bonchev–Trinajstić information content (AvgIpc) is 2.25. The van der Waals surface area contributed by atoms with Crippen molar-refractivity contribution >= 4 is 0 Å². The van der Waals surface area contributed by atoms with Crippen LogP contribution in [0.2, 0.25) is 0 Å². The van der Waals surface area contributed by atoms with Crippen molar-refractivity contribution in [3.63, 3.8) is 0 Å². The second kappa shape index (κ2) is 5.61. The Morgan fingerprint density at radius 1 is 1.47 bits per heavy atom. The highest BCUT2D eigenvalue weighted by molar-refractivity contribution is 5.22. The molecule has 1 atom stereocenters. The van der Waals surface area contributed by atoms with Gasteiger partial charge in [0.2, 0.25) is 0 Å². The van der Waals surface area contributed by atoms with Gasteiger partial charge in [0.15, 0.2) is 11.6 Å². The molecule has 0 aliphatic rings. The molecule has 1 unspecified atom stereocenters. The van der Waals surface area contributed by atoms with Crippen LogP contribution in [0, 0.1) is 11.6 Å². The number of benzene rings is 1. The average molecular weight is 211 g/mol. The second-order valence-corrected chi connectivity index (χ2v) is 3.35. The van der Waals surface area contributed by atoms with Crippen molar-refractivity contribution in [1.82, 2.24) is 5.32 Å². The van der Waals surface area contributed by atoms with Crippen LogP contribution in [0.5, 0.6) is 0 Å². The quantitative estimate of drug-likeness (QED) is 0.737. The monoisotopic (exact) mass is 211 g/mol. The molecule has 0 saturated heterocycles. The van der Waals surface area contributed by atoms with Crippen LogP contribution in [0.4, 0.5) is 8.78 Å². The summed E-state index contributed by atoms with van der Waals surface area (Å²) >= 11 is 0. The van der Waals surface area contributed by atoms with E-state index in [0.717, 1.165) is 12.5 Å². The van der Waals surface area contributed by atoms with E-state index in [1.165, 1.54) is 6.07 Å². The molecular formula is C12H15F2N. The van der Waals surface area contributed by atoms with Crippen molar-refractivity contribution in [3.05, 3.63) is 48.1 Å². The summed E-state index contributed by atoms with van der Waals surface area (Å²) in [6.07, 6.45) is 3.24. The highest BCUT2D eigenvalue weighted by Gasteiger charge is 2.15. The lowest BCUT2D eigenvalue weighted by Crippen LogP contribution is -2.17. The van der Waals surface area contributed by atoms with E-state index in [0.29, 0.717) is 12.0 Å². The number of nitrogens with one attached hydrogen (secondary N) is 1. The van der Waals surface area contributed by atoms with E-state index < -0.39 is 11.6 Å². The van der Waals surface area contributed by atoms with Gasteiger partial charge in [-0.05, 0) is 26.0 Å². The van der Waals surface area contributed by atoms with Crippen molar-refractivity contribution < 1.29 is 8.78 Å². The molecule has 0 amide bonds. The molecule has 0 heterocycles. The Bertz CT molecular complexity index is 336. The molecule has 0 aromatic heterocycles. The highest BCUT2D eigenvalue weighted by atomic mass is 19.2. The molecule has 0 spiro atoms. The van der Waals surface area contributed by atoms with E-state index in [1.54, 1.807) is 19.2 Å². The fourth-order valence-electron chi connectivity index (χ4n) is 1.53. The minimum Gasteiger partial charge on any atom is -0.313 e. The predicted octanol–water partition coefficient (Wildman–Crippen LogP) is 3.19. The summed E-state index contributed by atoms with van der Waals surface area (Å²) in [6.45, 7) is 3.60. The van der Waals surface area contributed by atoms with E-state index in [2.05, 4.69) is 11.9 Å². The van der Waals surface area contributed by atoms with Gasteiger partial charge in [-0.2, -0.15) is 0 Å². The summed E-state index contributed by atoms with van der Waals surface area (Å²) in [4.78, 5) is 0. The molecule has 0 bridgehead atoms. The van der Waals surface area contributed by atoms with Crippen LogP contribution in [-0.2, 0) is 0 Å². The van der Waals surface area contributed by atoms with Crippen LogP contribution in [0.1, 0.15) is 24.4 Å². The number of halogens is 2. The molecule has 1 rings (SSSR count). The predicted molar refractivity (Wildman–Crippen MR) is 57.6 cm³/mol. The van der Waals surface area contributed by atoms with Crippen LogP contribution in [0.15, 0.2) is 30.9 Å². The molecule has 0 saturated carbocycles. The van der Waals surface area contributed by atoms with Crippen LogP contribution in [0.25, 0.3) is 0 Å². The molecule has 0 fully saturated rings. The fraction of sp³-hybridized carbons (Fsp3) is 0.333. The molecule has 1 N–H and O–H groups in total. The van der Waals surface area contributed by atoms with E-state index >= 15 is 0 Å². The molecule has 82 valence electrons. The van der Waals surface area contributed by atoms with Crippen LogP contribution < -0.4 is 5.32 Å². The van der Waals surface area contributed by atoms with Crippen LogP contribution in [-0.4, -0.2) is 7.05 Å². The molecule has 0 aliphatic carbocycles. The van der Waals surface area contributed by atoms with E-state index in [4.69, 9.17) is 0 Å². The zero-order valence-corrected chi connectivity index (χ0v) is 8.76. The summed E-state index contributed by atoms with van der Waals surface area (Å²) in [5, 5.41) is 2.97. The van der Waals surface area contributed by atoms with Crippen molar-refractivity contribution in [2.45, 2.75) is 18.9 Å². The molecule has 0 radical (unpaired) electrons. The molecule has 0 aliphatic heterocycles. The van der Waals surface area contributed by atoms with Gasteiger partial charge in [-0.15, -0.1) is 6.58 Å². The maximum absolute atomic E-state index is 13.4. The first-order valence-electron chi connectivity index (χ1n) is 4.92. The summed E-state index contributed by atoms with van der Waals surface area (Å²) in [7, 11) is 1.73. The number of hydrogen-bond acceptors (Lipinski definition) is 1. The lowest BCUT2D eigenvalue weighted by Gasteiger charge is -2.16. The van der Waals surface area contributed by atoms with Gasteiger partial charge in [0.25, 0.3) is 0 Å². The smallest absolute Gasteiger partial charge is 0.163 e. The Hall–Kier alpha value is -1.22. The van der Waals surface area contributed by atoms with Gasteiger partial charge in [0, 0.05) is 11.6 Å². The van der Waals surface area contributed by atoms with Gasteiger partial charge in [-0.25, -0.2) is 8.78 Å². The number of rotatable bonds is 5. The molecule has 1 nitrogen and oxygen atoms in total. The Balaban J connectivity index is 2.90. The lowest BCUT2D eigenvalue weighted by molar-refractivity contribution is 0.465. The Morgan fingerprint density at radius 3 is 2.80 bits per heavy atom. The van der Waals surface area contributed by atoms with Crippen molar-refractivity contribution in [1.29, 1.82) is 0 Å². The van der Waals surface area contributed by atoms with E-state index in [1.807, 2.05) is 0 Å². The number of hydrogen-bond donors (Lipinski definition) is 1. The summed E-state index contributed by atoms with van der Waals surface area (Å²) in [5.74, 6) is -1.56. The van der Waals surface area contributed by atoms with Crippen molar-refractivity contribution in [2.75, 3.05) is 7.05 Å². The molecule has 1 aromatic rings. The van der Waals surface area contributed by atoms with Crippen molar-refractivity contribution in [2.24, 2.45) is 0 Å². The summed E-state index contributed by atoms with van der Waals surface area (Å²) in [6, 6.07) is 4.08. The zero-order valence-electron chi connectivity index (χ0n) is 8.76. The SMILES string of the molecule is C=CCCC(NC)c1cccc(F)c1F.